The maximum atomic E-state index is 4.22. The van der Waals surface area contributed by atoms with Gasteiger partial charge in [-0.1, -0.05) is 88.9 Å². The van der Waals surface area contributed by atoms with Gasteiger partial charge in [0.15, 0.2) is 0 Å². The van der Waals surface area contributed by atoms with E-state index in [0.29, 0.717) is 0 Å². The molecule has 0 saturated heterocycles. The standard InChI is InChI=1S/C14H22.C10H18N2/c1-3-8-13(9-4-2)12-14-10-6-5-7-11-14;1-6-9(4)7-11-10(5)12-8(2)3/h5-7,10-11,13H,3-4,8-9,12H2,1-2H3;7H,2,6H2,1,3-5H3,(H,11,12)/b;9-7+. The van der Waals surface area contributed by atoms with Crippen LogP contribution in [0.25, 0.3) is 0 Å². The number of hydrogen-bond acceptors (Lipinski definition) is 1. The van der Waals surface area contributed by atoms with E-state index >= 15 is 0 Å². The Hall–Kier alpha value is -1.83. The number of nitrogens with one attached hydrogen (secondary N) is 1. The molecule has 2 heteroatoms. The van der Waals surface area contributed by atoms with Gasteiger partial charge in [0.2, 0.25) is 0 Å². The number of aliphatic imine (C=N–C) groups is 1. The predicted octanol–water partition coefficient (Wildman–Crippen LogP) is 7.29. The number of nitrogens with zero attached hydrogens (tertiary/aromatic N) is 1. The molecule has 0 aliphatic heterocycles. The molecule has 0 heterocycles. The van der Waals surface area contributed by atoms with E-state index in [9.17, 15) is 0 Å². The molecule has 1 N–H and O–H groups in total. The molecule has 0 aliphatic carbocycles. The number of rotatable bonds is 9. The fourth-order valence-electron chi connectivity index (χ4n) is 2.75. The van der Waals surface area contributed by atoms with Crippen molar-refractivity contribution in [3.63, 3.8) is 0 Å². The van der Waals surface area contributed by atoms with Crippen LogP contribution >= 0.6 is 0 Å². The lowest BCUT2D eigenvalue weighted by Crippen LogP contribution is -2.16. The number of allylic oxidation sites excluding steroid dienone is 2. The number of amidine groups is 1. The van der Waals surface area contributed by atoms with Crippen molar-refractivity contribution in [1.29, 1.82) is 0 Å². The first-order valence-corrected chi connectivity index (χ1v) is 10.1. The second-order valence-corrected chi connectivity index (χ2v) is 7.08. The topological polar surface area (TPSA) is 24.4 Å². The predicted molar refractivity (Wildman–Crippen MR) is 119 cm³/mol. The summed E-state index contributed by atoms with van der Waals surface area (Å²) >= 11 is 0. The van der Waals surface area contributed by atoms with Gasteiger partial charge < -0.3 is 5.32 Å². The van der Waals surface area contributed by atoms with Crippen LogP contribution in [0.2, 0.25) is 0 Å². The van der Waals surface area contributed by atoms with E-state index in [0.717, 1.165) is 23.9 Å². The van der Waals surface area contributed by atoms with Crippen LogP contribution in [0.3, 0.4) is 0 Å². The van der Waals surface area contributed by atoms with Gasteiger partial charge in [-0.05, 0) is 45.1 Å². The lowest BCUT2D eigenvalue weighted by molar-refractivity contribution is 0.438. The zero-order chi connectivity index (χ0) is 19.8. The van der Waals surface area contributed by atoms with E-state index in [1.54, 1.807) is 0 Å². The van der Waals surface area contributed by atoms with Crippen LogP contribution < -0.4 is 5.32 Å². The maximum absolute atomic E-state index is 4.22. The molecule has 0 saturated carbocycles. The Morgan fingerprint density at radius 1 is 1.04 bits per heavy atom. The minimum Gasteiger partial charge on any atom is -0.348 e. The Kier molecular flexibility index (Phi) is 14.3. The van der Waals surface area contributed by atoms with Crippen LogP contribution in [0.15, 0.2) is 59.4 Å². The monoisotopic (exact) mass is 356 g/mol. The quantitative estimate of drug-likeness (QED) is 0.364. The van der Waals surface area contributed by atoms with Crippen molar-refractivity contribution < 1.29 is 0 Å². The summed E-state index contributed by atoms with van der Waals surface area (Å²) < 4.78 is 0. The highest BCUT2D eigenvalue weighted by Gasteiger charge is 2.06. The van der Waals surface area contributed by atoms with Gasteiger partial charge in [0, 0.05) is 11.9 Å². The second-order valence-electron chi connectivity index (χ2n) is 7.08. The average molecular weight is 357 g/mol. The highest BCUT2D eigenvalue weighted by Crippen LogP contribution is 2.18. The third kappa shape index (κ3) is 13.5. The van der Waals surface area contributed by atoms with Crippen molar-refractivity contribution in [3.05, 3.63) is 59.9 Å². The van der Waals surface area contributed by atoms with Gasteiger partial charge in [0.25, 0.3) is 0 Å². The summed E-state index contributed by atoms with van der Waals surface area (Å²) in [7, 11) is 0. The van der Waals surface area contributed by atoms with Crippen LogP contribution in [0.5, 0.6) is 0 Å². The van der Waals surface area contributed by atoms with Gasteiger partial charge in [0.05, 0.1) is 0 Å². The molecule has 0 aromatic heterocycles. The van der Waals surface area contributed by atoms with Crippen molar-refractivity contribution in [2.45, 2.75) is 80.1 Å². The largest absolute Gasteiger partial charge is 0.348 e. The fraction of sp³-hybridized carbons (Fsp3) is 0.542. The zero-order valence-corrected chi connectivity index (χ0v) is 17.9. The molecule has 0 radical (unpaired) electrons. The van der Waals surface area contributed by atoms with Gasteiger partial charge in [-0.3, -0.25) is 0 Å². The third-order valence-electron chi connectivity index (χ3n) is 4.19. The van der Waals surface area contributed by atoms with Crippen LogP contribution in [0, 0.1) is 5.92 Å². The van der Waals surface area contributed by atoms with E-state index < -0.39 is 0 Å². The molecule has 0 unspecified atom stereocenters. The van der Waals surface area contributed by atoms with E-state index in [4.69, 9.17) is 0 Å². The molecule has 1 aromatic carbocycles. The highest BCUT2D eigenvalue weighted by molar-refractivity contribution is 5.81. The molecule has 146 valence electrons. The molecule has 0 aliphatic rings. The highest BCUT2D eigenvalue weighted by atomic mass is 15.0. The third-order valence-corrected chi connectivity index (χ3v) is 4.19. The molecular formula is C24H40N2. The maximum Gasteiger partial charge on any atom is 0.102 e. The lowest BCUT2D eigenvalue weighted by atomic mass is 9.91. The van der Waals surface area contributed by atoms with E-state index in [1.165, 1.54) is 43.2 Å². The first-order valence-electron chi connectivity index (χ1n) is 10.1. The molecule has 26 heavy (non-hydrogen) atoms. The summed E-state index contributed by atoms with van der Waals surface area (Å²) in [6.45, 7) is 16.3. The van der Waals surface area contributed by atoms with Crippen LogP contribution in [-0.4, -0.2) is 5.84 Å². The Bertz CT molecular complexity index is 535. The Labute approximate surface area is 162 Å². The summed E-state index contributed by atoms with van der Waals surface area (Å²) in [6, 6.07) is 10.9. The molecule has 0 spiro atoms. The van der Waals surface area contributed by atoms with Crippen LogP contribution in [-0.2, 0) is 6.42 Å². The number of hydrogen-bond donors (Lipinski definition) is 1. The van der Waals surface area contributed by atoms with Crippen molar-refractivity contribution in [1.82, 2.24) is 5.32 Å². The van der Waals surface area contributed by atoms with Gasteiger partial charge in [0.1, 0.15) is 5.84 Å². The van der Waals surface area contributed by atoms with Crippen molar-refractivity contribution in [2.24, 2.45) is 10.9 Å². The smallest absolute Gasteiger partial charge is 0.102 e. The molecule has 0 atom stereocenters. The van der Waals surface area contributed by atoms with Crippen molar-refractivity contribution >= 4 is 5.84 Å². The van der Waals surface area contributed by atoms with E-state index in [2.05, 4.69) is 74.9 Å². The molecular weight excluding hydrogens is 316 g/mol. The zero-order valence-electron chi connectivity index (χ0n) is 17.9. The average Bonchev–Trinajstić information content (AvgIpc) is 2.61. The lowest BCUT2D eigenvalue weighted by Gasteiger charge is -2.14. The first-order chi connectivity index (χ1) is 12.4. The molecule has 0 fully saturated rings. The SMILES string of the molecule is C=C(C)NC(C)=N/C=C(\C)CC.CCCC(CCC)Cc1ccccc1. The summed E-state index contributed by atoms with van der Waals surface area (Å²) in [5.41, 5.74) is 3.69. The summed E-state index contributed by atoms with van der Waals surface area (Å²) in [5, 5.41) is 3.03. The minimum atomic E-state index is 0.885. The molecule has 0 bridgehead atoms. The Balaban J connectivity index is 0.000000488. The molecule has 2 nitrogen and oxygen atoms in total. The first kappa shape index (κ1) is 24.2. The van der Waals surface area contributed by atoms with Crippen LogP contribution in [0.4, 0.5) is 0 Å². The van der Waals surface area contributed by atoms with Gasteiger partial charge >= 0.3 is 0 Å². The van der Waals surface area contributed by atoms with Gasteiger partial charge in [-0.15, -0.1) is 0 Å². The Morgan fingerprint density at radius 2 is 1.62 bits per heavy atom. The normalized spacial score (nSPS) is 11.8. The summed E-state index contributed by atoms with van der Waals surface area (Å²) in [6.07, 6.45) is 9.58. The van der Waals surface area contributed by atoms with Crippen molar-refractivity contribution in [2.75, 3.05) is 0 Å². The minimum absolute atomic E-state index is 0.885. The summed E-state index contributed by atoms with van der Waals surface area (Å²) in [5.74, 6) is 1.78. The van der Waals surface area contributed by atoms with E-state index in [-0.39, 0.29) is 0 Å². The van der Waals surface area contributed by atoms with E-state index in [1.807, 2.05) is 20.0 Å². The fourth-order valence-corrected chi connectivity index (χ4v) is 2.75. The van der Waals surface area contributed by atoms with Crippen molar-refractivity contribution in [3.8, 4) is 0 Å². The van der Waals surface area contributed by atoms with Crippen LogP contribution in [0.1, 0.15) is 79.2 Å². The summed E-state index contributed by atoms with van der Waals surface area (Å²) in [4.78, 5) is 4.22. The number of benzene rings is 1. The van der Waals surface area contributed by atoms with Gasteiger partial charge in [-0.2, -0.15) is 0 Å². The molecule has 0 amide bonds. The Morgan fingerprint density at radius 3 is 2.08 bits per heavy atom. The molecule has 1 rings (SSSR count). The second kappa shape index (κ2) is 15.4. The van der Waals surface area contributed by atoms with Gasteiger partial charge in [-0.25, -0.2) is 4.99 Å². The molecule has 1 aromatic rings.